The van der Waals surface area contributed by atoms with Crippen LogP contribution in [0.1, 0.15) is 0 Å². The molecular weight excluding hydrogens is 307 g/mol. The van der Waals surface area contributed by atoms with Crippen molar-refractivity contribution in [2.45, 2.75) is 6.36 Å². The molecule has 2 N–H and O–H groups in total. The van der Waals surface area contributed by atoms with Crippen LogP contribution in [0, 0.1) is 5.82 Å². The number of rotatable bonds is 4. The van der Waals surface area contributed by atoms with E-state index >= 15 is 0 Å². The molecule has 0 aromatic heterocycles. The van der Waals surface area contributed by atoms with Crippen LogP contribution in [0.15, 0.2) is 42.5 Å². The van der Waals surface area contributed by atoms with Crippen LogP contribution in [-0.4, -0.2) is 23.5 Å². The molecule has 0 fully saturated rings. The predicted molar refractivity (Wildman–Crippen MR) is 69.4 cm³/mol. The zero-order chi connectivity index (χ0) is 16.3. The SMILES string of the molecule is OB(O)c1ccc(Oc2ccc(OC(F)(F)F)cc2)cc1F. The first-order valence-corrected chi connectivity index (χ1v) is 5.94. The van der Waals surface area contributed by atoms with Crippen molar-refractivity contribution in [3.8, 4) is 17.2 Å². The van der Waals surface area contributed by atoms with E-state index in [1.807, 2.05) is 0 Å². The lowest BCUT2D eigenvalue weighted by molar-refractivity contribution is -0.274. The monoisotopic (exact) mass is 316 g/mol. The topological polar surface area (TPSA) is 58.9 Å². The summed E-state index contributed by atoms with van der Waals surface area (Å²) in [5.74, 6) is -1.09. The van der Waals surface area contributed by atoms with E-state index in [9.17, 15) is 17.6 Å². The van der Waals surface area contributed by atoms with Crippen LogP contribution in [0.4, 0.5) is 17.6 Å². The Hall–Kier alpha value is -2.26. The highest BCUT2D eigenvalue weighted by Gasteiger charge is 2.31. The summed E-state index contributed by atoms with van der Waals surface area (Å²) in [6.45, 7) is 0. The van der Waals surface area contributed by atoms with Crippen LogP contribution in [-0.2, 0) is 0 Å². The van der Waals surface area contributed by atoms with Gasteiger partial charge in [-0.1, -0.05) is 6.07 Å². The number of hydrogen-bond acceptors (Lipinski definition) is 4. The molecular formula is C13H9BF4O4. The second-order valence-electron chi connectivity index (χ2n) is 4.18. The first-order valence-electron chi connectivity index (χ1n) is 5.94. The van der Waals surface area contributed by atoms with Gasteiger partial charge in [0.1, 0.15) is 23.1 Å². The van der Waals surface area contributed by atoms with E-state index in [1.54, 1.807) is 0 Å². The summed E-state index contributed by atoms with van der Waals surface area (Å²) in [7, 11) is -1.95. The highest BCUT2D eigenvalue weighted by Crippen LogP contribution is 2.27. The first-order chi connectivity index (χ1) is 10.2. The third-order valence-electron chi connectivity index (χ3n) is 2.54. The van der Waals surface area contributed by atoms with E-state index in [4.69, 9.17) is 14.8 Å². The molecule has 0 bridgehead atoms. The van der Waals surface area contributed by atoms with Crippen molar-refractivity contribution in [2.24, 2.45) is 0 Å². The van der Waals surface area contributed by atoms with Gasteiger partial charge in [0.2, 0.25) is 0 Å². The summed E-state index contributed by atoms with van der Waals surface area (Å²) >= 11 is 0. The Labute approximate surface area is 122 Å². The molecule has 0 unspecified atom stereocenters. The Bertz CT molecular complexity index is 643. The molecule has 0 saturated carbocycles. The average Bonchev–Trinajstić information content (AvgIpc) is 2.39. The predicted octanol–water partition coefficient (Wildman–Crippen LogP) is 2.20. The fourth-order valence-corrected chi connectivity index (χ4v) is 1.63. The molecule has 0 amide bonds. The van der Waals surface area contributed by atoms with Gasteiger partial charge in [-0.15, -0.1) is 13.2 Å². The summed E-state index contributed by atoms with van der Waals surface area (Å²) in [6, 6.07) is 7.86. The van der Waals surface area contributed by atoms with Gasteiger partial charge in [-0.3, -0.25) is 0 Å². The van der Waals surface area contributed by atoms with Crippen molar-refractivity contribution in [2.75, 3.05) is 0 Å². The lowest BCUT2D eigenvalue weighted by Gasteiger charge is -2.10. The zero-order valence-corrected chi connectivity index (χ0v) is 10.8. The largest absolute Gasteiger partial charge is 0.573 e. The van der Waals surface area contributed by atoms with Crippen molar-refractivity contribution in [3.05, 3.63) is 48.3 Å². The smallest absolute Gasteiger partial charge is 0.457 e. The van der Waals surface area contributed by atoms with Gasteiger partial charge in [-0.2, -0.15) is 0 Å². The van der Waals surface area contributed by atoms with Crippen LogP contribution in [0.3, 0.4) is 0 Å². The van der Waals surface area contributed by atoms with E-state index in [0.717, 1.165) is 24.3 Å². The van der Waals surface area contributed by atoms with Gasteiger partial charge in [0.05, 0.1) is 0 Å². The summed E-state index contributed by atoms with van der Waals surface area (Å²) < 4.78 is 58.4. The second kappa shape index (κ2) is 6.24. The van der Waals surface area contributed by atoms with Crippen molar-refractivity contribution < 1.29 is 37.1 Å². The maximum atomic E-state index is 13.5. The fraction of sp³-hybridized carbons (Fsp3) is 0.0769. The van der Waals surface area contributed by atoms with Crippen LogP contribution in [0.2, 0.25) is 0 Å². The molecule has 22 heavy (non-hydrogen) atoms. The Morgan fingerprint density at radius 3 is 1.91 bits per heavy atom. The molecule has 2 aromatic carbocycles. The average molecular weight is 316 g/mol. The molecule has 0 aliphatic carbocycles. The summed E-state index contributed by atoms with van der Waals surface area (Å²) in [5, 5.41) is 17.8. The molecule has 0 spiro atoms. The molecule has 0 aliphatic rings. The first kappa shape index (κ1) is 16.1. The van der Waals surface area contributed by atoms with Crippen molar-refractivity contribution in [3.63, 3.8) is 0 Å². The maximum absolute atomic E-state index is 13.5. The zero-order valence-electron chi connectivity index (χ0n) is 10.8. The lowest BCUT2D eigenvalue weighted by atomic mass is 9.80. The van der Waals surface area contributed by atoms with E-state index in [0.29, 0.717) is 0 Å². The van der Waals surface area contributed by atoms with E-state index in [2.05, 4.69) is 4.74 Å². The Morgan fingerprint density at radius 2 is 1.41 bits per heavy atom. The fourth-order valence-electron chi connectivity index (χ4n) is 1.63. The third kappa shape index (κ3) is 4.37. The Balaban J connectivity index is 2.09. The minimum Gasteiger partial charge on any atom is -0.457 e. The number of halogens is 4. The van der Waals surface area contributed by atoms with Gasteiger partial charge in [-0.25, -0.2) is 4.39 Å². The lowest BCUT2D eigenvalue weighted by Crippen LogP contribution is -2.32. The normalized spacial score (nSPS) is 11.2. The molecule has 0 radical (unpaired) electrons. The van der Waals surface area contributed by atoms with Crippen molar-refractivity contribution in [1.82, 2.24) is 0 Å². The van der Waals surface area contributed by atoms with Crippen LogP contribution < -0.4 is 14.9 Å². The number of benzene rings is 2. The summed E-state index contributed by atoms with van der Waals surface area (Å²) in [4.78, 5) is 0. The van der Waals surface area contributed by atoms with Gasteiger partial charge in [0.15, 0.2) is 0 Å². The minimum absolute atomic E-state index is 0.0476. The number of ether oxygens (including phenoxy) is 2. The van der Waals surface area contributed by atoms with Crippen LogP contribution in [0.5, 0.6) is 17.2 Å². The molecule has 116 valence electrons. The Kier molecular flexibility index (Phi) is 4.58. The highest BCUT2D eigenvalue weighted by atomic mass is 19.4. The molecule has 9 heteroatoms. The van der Waals surface area contributed by atoms with Gasteiger partial charge in [-0.05, 0) is 30.3 Å². The van der Waals surface area contributed by atoms with Crippen LogP contribution >= 0.6 is 0 Å². The molecule has 2 aromatic rings. The van der Waals surface area contributed by atoms with E-state index in [-0.39, 0.29) is 17.0 Å². The van der Waals surface area contributed by atoms with Gasteiger partial charge in [0.25, 0.3) is 0 Å². The number of alkyl halides is 3. The molecule has 0 atom stereocenters. The molecule has 4 nitrogen and oxygen atoms in total. The maximum Gasteiger partial charge on any atom is 0.573 e. The number of hydrogen-bond donors (Lipinski definition) is 2. The van der Waals surface area contributed by atoms with Crippen LogP contribution in [0.25, 0.3) is 0 Å². The van der Waals surface area contributed by atoms with Gasteiger partial charge >= 0.3 is 13.5 Å². The van der Waals surface area contributed by atoms with Gasteiger partial charge in [0, 0.05) is 11.5 Å². The molecule has 0 aliphatic heterocycles. The van der Waals surface area contributed by atoms with E-state index in [1.165, 1.54) is 18.2 Å². The highest BCUT2D eigenvalue weighted by molar-refractivity contribution is 6.58. The third-order valence-corrected chi connectivity index (χ3v) is 2.54. The second-order valence-corrected chi connectivity index (χ2v) is 4.18. The quantitative estimate of drug-likeness (QED) is 0.671. The minimum atomic E-state index is -4.79. The Morgan fingerprint density at radius 1 is 0.864 bits per heavy atom. The molecule has 0 saturated heterocycles. The van der Waals surface area contributed by atoms with Crippen molar-refractivity contribution >= 4 is 12.6 Å². The summed E-state index contributed by atoms with van der Waals surface area (Å²) in [6.07, 6.45) is -4.79. The van der Waals surface area contributed by atoms with Gasteiger partial charge < -0.3 is 19.5 Å². The molecule has 0 heterocycles. The van der Waals surface area contributed by atoms with Crippen molar-refractivity contribution in [1.29, 1.82) is 0 Å². The van der Waals surface area contributed by atoms with E-state index < -0.39 is 25.0 Å². The summed E-state index contributed by atoms with van der Waals surface area (Å²) in [5.41, 5.74) is -0.318. The molecule has 2 rings (SSSR count). The standard InChI is InChI=1S/C13H9BF4O4/c15-12-7-10(5-6-11(12)14(19)20)21-8-1-3-9(4-2-8)22-13(16,17)18/h1-7,19-20H.